The molecule has 1 N–H and O–H groups in total. The highest BCUT2D eigenvalue weighted by Gasteiger charge is 2.09. The normalized spacial score (nSPS) is 12.6. The molecule has 0 spiro atoms. The van der Waals surface area contributed by atoms with Crippen LogP contribution in [0.2, 0.25) is 0 Å². The van der Waals surface area contributed by atoms with Crippen LogP contribution in [-0.2, 0) is 6.54 Å². The Bertz CT molecular complexity index is 496. The first-order valence-corrected chi connectivity index (χ1v) is 6.34. The lowest BCUT2D eigenvalue weighted by Gasteiger charge is -2.12. The molecule has 2 heterocycles. The standard InChI is InChI=1S/C13H15BrN2O/c1-9-5-6-15-7-11(9)8-16-10(2)12-3-4-13(14)17-12/h3-7,10,16H,8H2,1-2H3. The van der Waals surface area contributed by atoms with Gasteiger partial charge in [0.2, 0.25) is 0 Å². The van der Waals surface area contributed by atoms with Crippen molar-refractivity contribution < 1.29 is 4.42 Å². The van der Waals surface area contributed by atoms with Crippen LogP contribution in [0.25, 0.3) is 0 Å². The molecule has 1 atom stereocenters. The van der Waals surface area contributed by atoms with E-state index in [1.807, 2.05) is 30.6 Å². The van der Waals surface area contributed by atoms with Gasteiger partial charge in [0.05, 0.1) is 6.04 Å². The van der Waals surface area contributed by atoms with E-state index >= 15 is 0 Å². The van der Waals surface area contributed by atoms with Crippen molar-refractivity contribution in [2.75, 3.05) is 0 Å². The highest BCUT2D eigenvalue weighted by molar-refractivity contribution is 9.10. The number of rotatable bonds is 4. The number of furan rings is 1. The molecule has 17 heavy (non-hydrogen) atoms. The van der Waals surface area contributed by atoms with E-state index in [0.29, 0.717) is 0 Å². The fraction of sp³-hybridized carbons (Fsp3) is 0.308. The van der Waals surface area contributed by atoms with E-state index in [9.17, 15) is 0 Å². The van der Waals surface area contributed by atoms with Crippen LogP contribution >= 0.6 is 15.9 Å². The summed E-state index contributed by atoms with van der Waals surface area (Å²) in [5.41, 5.74) is 2.46. The predicted molar refractivity (Wildman–Crippen MR) is 70.6 cm³/mol. The Hall–Kier alpha value is -1.13. The van der Waals surface area contributed by atoms with Gasteiger partial charge in [0.15, 0.2) is 4.67 Å². The van der Waals surface area contributed by atoms with E-state index in [-0.39, 0.29) is 6.04 Å². The van der Waals surface area contributed by atoms with Crippen molar-refractivity contribution in [2.45, 2.75) is 26.4 Å². The first-order valence-electron chi connectivity index (χ1n) is 5.55. The summed E-state index contributed by atoms with van der Waals surface area (Å²) in [4.78, 5) is 4.13. The fourth-order valence-corrected chi connectivity index (χ4v) is 1.93. The Morgan fingerprint density at radius 1 is 1.41 bits per heavy atom. The molecule has 1 unspecified atom stereocenters. The third kappa shape index (κ3) is 3.17. The minimum absolute atomic E-state index is 0.181. The van der Waals surface area contributed by atoms with Gasteiger partial charge >= 0.3 is 0 Å². The molecule has 0 bridgehead atoms. The molecule has 2 aromatic rings. The summed E-state index contributed by atoms with van der Waals surface area (Å²) in [5, 5.41) is 3.41. The molecule has 3 nitrogen and oxygen atoms in total. The van der Waals surface area contributed by atoms with Crippen LogP contribution in [0.3, 0.4) is 0 Å². The molecule has 4 heteroatoms. The lowest BCUT2D eigenvalue weighted by Crippen LogP contribution is -2.18. The van der Waals surface area contributed by atoms with E-state index in [1.54, 1.807) is 0 Å². The van der Waals surface area contributed by atoms with Gasteiger partial charge in [-0.3, -0.25) is 4.98 Å². The average molecular weight is 295 g/mol. The predicted octanol–water partition coefficient (Wildman–Crippen LogP) is 3.60. The van der Waals surface area contributed by atoms with E-state index < -0.39 is 0 Å². The van der Waals surface area contributed by atoms with Gasteiger partial charge in [-0.2, -0.15) is 0 Å². The van der Waals surface area contributed by atoms with Crippen LogP contribution in [0, 0.1) is 6.92 Å². The smallest absolute Gasteiger partial charge is 0.169 e. The molecular formula is C13H15BrN2O. The van der Waals surface area contributed by atoms with Crippen LogP contribution in [0.5, 0.6) is 0 Å². The number of nitrogens with one attached hydrogen (secondary N) is 1. The summed E-state index contributed by atoms with van der Waals surface area (Å²) in [7, 11) is 0. The van der Waals surface area contributed by atoms with Crippen LogP contribution in [0.4, 0.5) is 0 Å². The van der Waals surface area contributed by atoms with E-state index in [0.717, 1.165) is 17.0 Å². The maximum atomic E-state index is 5.50. The topological polar surface area (TPSA) is 38.1 Å². The second-order valence-corrected chi connectivity index (χ2v) is 4.83. The summed E-state index contributed by atoms with van der Waals surface area (Å²) < 4.78 is 6.27. The van der Waals surface area contributed by atoms with Crippen molar-refractivity contribution in [1.29, 1.82) is 0 Å². The average Bonchev–Trinajstić information content (AvgIpc) is 2.74. The molecule has 0 radical (unpaired) electrons. The monoisotopic (exact) mass is 294 g/mol. The molecule has 0 aromatic carbocycles. The molecule has 2 aromatic heterocycles. The molecular weight excluding hydrogens is 280 g/mol. The number of aryl methyl sites for hydroxylation is 1. The van der Waals surface area contributed by atoms with Crippen LogP contribution in [0.15, 0.2) is 39.7 Å². The maximum Gasteiger partial charge on any atom is 0.169 e. The van der Waals surface area contributed by atoms with Gasteiger partial charge < -0.3 is 9.73 Å². The summed E-state index contributed by atoms with van der Waals surface area (Å²) in [6.45, 7) is 4.96. The van der Waals surface area contributed by atoms with Crippen LogP contribution < -0.4 is 5.32 Å². The SMILES string of the molecule is Cc1ccncc1CNC(C)c1ccc(Br)o1. The minimum atomic E-state index is 0.181. The Morgan fingerprint density at radius 3 is 2.88 bits per heavy atom. The van der Waals surface area contributed by atoms with Gasteiger partial charge in [0.25, 0.3) is 0 Å². The van der Waals surface area contributed by atoms with Gasteiger partial charge in [-0.05, 0) is 59.1 Å². The molecule has 0 amide bonds. The van der Waals surface area contributed by atoms with Crippen molar-refractivity contribution in [1.82, 2.24) is 10.3 Å². The van der Waals surface area contributed by atoms with E-state index in [2.05, 4.69) is 40.1 Å². The Morgan fingerprint density at radius 2 is 2.24 bits per heavy atom. The Balaban J connectivity index is 1.97. The zero-order chi connectivity index (χ0) is 12.3. The number of halogens is 1. The second kappa shape index (κ2) is 5.47. The molecule has 2 rings (SSSR count). The number of pyridine rings is 1. The third-order valence-electron chi connectivity index (χ3n) is 2.77. The first kappa shape index (κ1) is 12.3. The second-order valence-electron chi connectivity index (χ2n) is 4.05. The maximum absolute atomic E-state index is 5.50. The van der Waals surface area contributed by atoms with Crippen LogP contribution in [0.1, 0.15) is 29.9 Å². The van der Waals surface area contributed by atoms with Gasteiger partial charge in [0.1, 0.15) is 5.76 Å². The van der Waals surface area contributed by atoms with Gasteiger partial charge in [-0.15, -0.1) is 0 Å². The summed E-state index contributed by atoms with van der Waals surface area (Å²) >= 11 is 3.30. The lowest BCUT2D eigenvalue weighted by molar-refractivity contribution is 0.417. The molecule has 0 aliphatic carbocycles. The highest BCUT2D eigenvalue weighted by atomic mass is 79.9. The summed E-state index contributed by atoms with van der Waals surface area (Å²) in [6.07, 6.45) is 3.71. The highest BCUT2D eigenvalue weighted by Crippen LogP contribution is 2.20. The van der Waals surface area contributed by atoms with Gasteiger partial charge in [0, 0.05) is 18.9 Å². The van der Waals surface area contributed by atoms with Crippen molar-refractivity contribution in [2.24, 2.45) is 0 Å². The molecule has 90 valence electrons. The molecule has 0 aliphatic heterocycles. The number of hydrogen-bond donors (Lipinski definition) is 1. The molecule has 0 saturated heterocycles. The Kier molecular flexibility index (Phi) is 3.97. The zero-order valence-electron chi connectivity index (χ0n) is 9.90. The molecule has 0 fully saturated rings. The summed E-state index contributed by atoms with van der Waals surface area (Å²) in [5.74, 6) is 0.929. The quantitative estimate of drug-likeness (QED) is 0.936. The van der Waals surface area contributed by atoms with E-state index in [1.165, 1.54) is 11.1 Å². The fourth-order valence-electron chi connectivity index (χ4n) is 1.61. The summed E-state index contributed by atoms with van der Waals surface area (Å²) in [6, 6.07) is 6.08. The third-order valence-corrected chi connectivity index (χ3v) is 3.19. The number of aromatic nitrogens is 1. The van der Waals surface area contributed by atoms with Gasteiger partial charge in [-0.1, -0.05) is 0 Å². The van der Waals surface area contributed by atoms with Crippen molar-refractivity contribution in [3.63, 3.8) is 0 Å². The lowest BCUT2D eigenvalue weighted by atomic mass is 10.1. The molecule has 0 saturated carbocycles. The van der Waals surface area contributed by atoms with Crippen molar-refractivity contribution in [3.05, 3.63) is 52.1 Å². The zero-order valence-corrected chi connectivity index (χ0v) is 11.5. The molecule has 0 aliphatic rings. The number of hydrogen-bond acceptors (Lipinski definition) is 3. The Labute approximate surface area is 109 Å². The number of nitrogens with zero attached hydrogens (tertiary/aromatic N) is 1. The van der Waals surface area contributed by atoms with Crippen molar-refractivity contribution >= 4 is 15.9 Å². The van der Waals surface area contributed by atoms with Gasteiger partial charge in [-0.25, -0.2) is 0 Å². The van der Waals surface area contributed by atoms with Crippen molar-refractivity contribution in [3.8, 4) is 0 Å². The first-order chi connectivity index (χ1) is 8.16. The van der Waals surface area contributed by atoms with Crippen LogP contribution in [-0.4, -0.2) is 4.98 Å². The minimum Gasteiger partial charge on any atom is -0.453 e. The van der Waals surface area contributed by atoms with E-state index in [4.69, 9.17) is 4.42 Å². The largest absolute Gasteiger partial charge is 0.453 e.